The Morgan fingerprint density at radius 3 is 2.84 bits per heavy atom. The molecule has 0 radical (unpaired) electrons. The fraction of sp³-hybridized carbons (Fsp3) is 0.435. The van der Waals surface area contributed by atoms with Crippen molar-refractivity contribution in [1.29, 1.82) is 0 Å². The summed E-state index contributed by atoms with van der Waals surface area (Å²) in [6.45, 7) is 3.23. The smallest absolute Gasteiger partial charge is 0.266 e. The highest BCUT2D eigenvalue weighted by atomic mass is 79.9. The second kappa shape index (κ2) is 9.29. The molecule has 1 aromatic heterocycles. The number of ether oxygens (including phenoxy) is 1. The summed E-state index contributed by atoms with van der Waals surface area (Å²) in [7, 11) is 0. The van der Waals surface area contributed by atoms with Crippen LogP contribution in [0.25, 0.3) is 17.0 Å². The maximum absolute atomic E-state index is 13.1. The third kappa shape index (κ3) is 4.40. The van der Waals surface area contributed by atoms with Crippen molar-refractivity contribution in [3.8, 4) is 0 Å². The Bertz CT molecular complexity index is 1120. The highest BCUT2D eigenvalue weighted by Crippen LogP contribution is 2.35. The maximum atomic E-state index is 13.1. The maximum Gasteiger partial charge on any atom is 0.266 e. The molecule has 1 aromatic carbocycles. The molecule has 5 rings (SSSR count). The topological polar surface area (TPSA) is 54.8 Å². The van der Waals surface area contributed by atoms with Gasteiger partial charge in [-0.15, -0.1) is 0 Å². The van der Waals surface area contributed by atoms with Gasteiger partial charge in [-0.25, -0.2) is 0 Å². The van der Waals surface area contributed by atoms with Gasteiger partial charge in [0.2, 0.25) is 5.91 Å². The lowest BCUT2D eigenvalue weighted by Gasteiger charge is -2.18. The number of aromatic nitrogens is 1. The lowest BCUT2D eigenvalue weighted by molar-refractivity contribution is -0.130. The first-order chi connectivity index (χ1) is 15.5. The van der Waals surface area contributed by atoms with Gasteiger partial charge in [0.15, 0.2) is 0 Å². The quantitative estimate of drug-likeness (QED) is 0.421. The Balaban J connectivity index is 1.43. The molecule has 0 N–H and O–H groups in total. The van der Waals surface area contributed by atoms with Gasteiger partial charge in [0.25, 0.3) is 5.91 Å². The van der Waals surface area contributed by atoms with Gasteiger partial charge in [0, 0.05) is 46.8 Å². The molecule has 3 aliphatic rings. The van der Waals surface area contributed by atoms with E-state index in [2.05, 4.69) is 15.9 Å². The summed E-state index contributed by atoms with van der Waals surface area (Å²) in [4.78, 5) is 30.1. The van der Waals surface area contributed by atoms with Crippen molar-refractivity contribution in [2.75, 3.05) is 26.2 Å². The summed E-state index contributed by atoms with van der Waals surface area (Å²) < 4.78 is 9.21. The first-order valence-electron chi connectivity index (χ1n) is 10.9. The number of carbonyl (C=O) groups is 2. The number of likely N-dealkylation sites (tertiary alicyclic amines) is 1. The summed E-state index contributed by atoms with van der Waals surface area (Å²) >= 11 is 10.4. The number of carbonyl (C=O) groups excluding carboxylic acids is 2. The highest BCUT2D eigenvalue weighted by Gasteiger charge is 2.34. The van der Waals surface area contributed by atoms with Gasteiger partial charge in [-0.05, 0) is 50.0 Å². The first-order valence-corrected chi connectivity index (χ1v) is 12.9. The Labute approximate surface area is 205 Å². The van der Waals surface area contributed by atoms with E-state index in [0.717, 1.165) is 66.3 Å². The second-order valence-corrected chi connectivity index (χ2v) is 11.0. The molecule has 3 fully saturated rings. The first kappa shape index (κ1) is 22.1. The molecule has 168 valence electrons. The minimum absolute atomic E-state index is 0.0614. The molecule has 0 bridgehead atoms. The van der Waals surface area contributed by atoms with Gasteiger partial charge >= 0.3 is 0 Å². The third-order valence-electron chi connectivity index (χ3n) is 6.21. The number of nitrogens with zero attached hydrogens (tertiary/aromatic N) is 3. The van der Waals surface area contributed by atoms with Crippen LogP contribution in [0.15, 0.2) is 33.8 Å². The van der Waals surface area contributed by atoms with E-state index < -0.39 is 0 Å². The van der Waals surface area contributed by atoms with Crippen molar-refractivity contribution in [1.82, 2.24) is 14.4 Å². The van der Waals surface area contributed by atoms with Crippen LogP contribution >= 0.6 is 39.9 Å². The van der Waals surface area contributed by atoms with Crippen LogP contribution in [0, 0.1) is 0 Å². The molecule has 0 saturated carbocycles. The van der Waals surface area contributed by atoms with Crippen LogP contribution in [0.3, 0.4) is 0 Å². The molecule has 32 heavy (non-hydrogen) atoms. The Morgan fingerprint density at radius 2 is 2.09 bits per heavy atom. The SMILES string of the molecule is O=C(Cn1cc(/C=C2\SC(=S)N(C[C@H]3CCCO3)C2=O)c2cc(Br)ccc21)N1CCCC1. The van der Waals surface area contributed by atoms with E-state index in [1.807, 2.05) is 39.9 Å². The van der Waals surface area contributed by atoms with E-state index in [1.54, 1.807) is 4.90 Å². The average molecular weight is 535 g/mol. The molecule has 3 saturated heterocycles. The van der Waals surface area contributed by atoms with Crippen LogP contribution in [0.4, 0.5) is 0 Å². The normalized spacial score (nSPS) is 22.8. The van der Waals surface area contributed by atoms with Crippen molar-refractivity contribution < 1.29 is 14.3 Å². The van der Waals surface area contributed by atoms with Crippen molar-refractivity contribution in [2.24, 2.45) is 0 Å². The number of thioether (sulfide) groups is 1. The van der Waals surface area contributed by atoms with E-state index in [9.17, 15) is 9.59 Å². The fourth-order valence-corrected chi connectivity index (χ4v) is 6.17. The predicted molar refractivity (Wildman–Crippen MR) is 134 cm³/mol. The summed E-state index contributed by atoms with van der Waals surface area (Å²) in [5.41, 5.74) is 1.88. The lowest BCUT2D eigenvalue weighted by atomic mass is 10.1. The molecule has 3 aliphatic heterocycles. The zero-order chi connectivity index (χ0) is 22.2. The molecular weight excluding hydrogens is 510 g/mol. The number of rotatable bonds is 5. The zero-order valence-corrected chi connectivity index (χ0v) is 20.8. The number of amides is 2. The third-order valence-corrected chi connectivity index (χ3v) is 8.08. The Kier molecular flexibility index (Phi) is 6.42. The van der Waals surface area contributed by atoms with Crippen LogP contribution in [-0.2, 0) is 20.9 Å². The van der Waals surface area contributed by atoms with Crippen LogP contribution in [-0.4, -0.2) is 62.8 Å². The van der Waals surface area contributed by atoms with E-state index >= 15 is 0 Å². The Morgan fingerprint density at radius 1 is 1.28 bits per heavy atom. The van der Waals surface area contributed by atoms with Crippen LogP contribution in [0.5, 0.6) is 0 Å². The fourth-order valence-electron chi connectivity index (χ4n) is 4.55. The molecule has 0 aliphatic carbocycles. The van der Waals surface area contributed by atoms with Crippen molar-refractivity contribution in [3.05, 3.63) is 39.3 Å². The predicted octanol–water partition coefficient (Wildman–Crippen LogP) is 4.41. The standard InChI is InChI=1S/C23H24BrN3O3S2/c24-16-5-6-19-18(11-16)15(12-26(19)14-21(28)25-7-1-2-8-25)10-20-22(29)27(23(31)32-20)13-17-4-3-9-30-17/h5-6,10-12,17H,1-4,7-9,13-14H2/b20-10-/t17-/m1/s1. The van der Waals surface area contributed by atoms with Gasteiger partial charge in [-0.2, -0.15) is 0 Å². The number of hydrogen-bond acceptors (Lipinski definition) is 5. The van der Waals surface area contributed by atoms with Gasteiger partial charge in [0.05, 0.1) is 17.6 Å². The Hall–Kier alpha value is -1.68. The molecule has 6 nitrogen and oxygen atoms in total. The molecule has 4 heterocycles. The van der Waals surface area contributed by atoms with E-state index in [-0.39, 0.29) is 17.9 Å². The average Bonchev–Trinajstić information content (AvgIpc) is 3.56. The van der Waals surface area contributed by atoms with Crippen molar-refractivity contribution in [2.45, 2.75) is 38.3 Å². The summed E-state index contributed by atoms with van der Waals surface area (Å²) in [5.74, 6) is 0.0660. The highest BCUT2D eigenvalue weighted by molar-refractivity contribution is 9.10. The van der Waals surface area contributed by atoms with Gasteiger partial charge in [-0.1, -0.05) is 39.9 Å². The minimum Gasteiger partial charge on any atom is -0.376 e. The zero-order valence-electron chi connectivity index (χ0n) is 17.6. The van der Waals surface area contributed by atoms with Gasteiger partial charge in [0.1, 0.15) is 10.9 Å². The van der Waals surface area contributed by atoms with Gasteiger partial charge in [-0.3, -0.25) is 14.5 Å². The molecule has 0 unspecified atom stereocenters. The van der Waals surface area contributed by atoms with Gasteiger partial charge < -0.3 is 14.2 Å². The summed E-state index contributed by atoms with van der Waals surface area (Å²) in [6, 6.07) is 6.02. The molecule has 0 spiro atoms. The minimum atomic E-state index is -0.0699. The molecule has 2 amide bonds. The number of thiocarbonyl (C=S) groups is 1. The number of fused-ring (bicyclic) bond motifs is 1. The molecule has 1 atom stereocenters. The van der Waals surface area contributed by atoms with Crippen LogP contribution in [0.2, 0.25) is 0 Å². The molecular formula is C23H24BrN3O3S2. The lowest BCUT2D eigenvalue weighted by Crippen LogP contribution is -2.35. The van der Waals surface area contributed by atoms with E-state index in [1.165, 1.54) is 11.8 Å². The second-order valence-electron chi connectivity index (χ2n) is 8.39. The number of halogens is 1. The summed E-state index contributed by atoms with van der Waals surface area (Å²) in [6.07, 6.45) is 8.07. The summed E-state index contributed by atoms with van der Waals surface area (Å²) in [5, 5.41) is 0.998. The largest absolute Gasteiger partial charge is 0.376 e. The number of benzene rings is 1. The monoisotopic (exact) mass is 533 g/mol. The van der Waals surface area contributed by atoms with E-state index in [4.69, 9.17) is 17.0 Å². The van der Waals surface area contributed by atoms with Crippen LogP contribution < -0.4 is 0 Å². The number of hydrogen-bond donors (Lipinski definition) is 0. The molecule has 2 aromatic rings. The van der Waals surface area contributed by atoms with Crippen molar-refractivity contribution >= 4 is 73.0 Å². The van der Waals surface area contributed by atoms with Crippen LogP contribution in [0.1, 0.15) is 31.2 Å². The van der Waals surface area contributed by atoms with E-state index in [0.29, 0.717) is 22.3 Å². The van der Waals surface area contributed by atoms with Crippen molar-refractivity contribution in [3.63, 3.8) is 0 Å². The molecule has 9 heteroatoms.